The van der Waals surface area contributed by atoms with E-state index in [2.05, 4.69) is 36.6 Å². The van der Waals surface area contributed by atoms with Crippen LogP contribution in [0.3, 0.4) is 0 Å². The van der Waals surface area contributed by atoms with Gasteiger partial charge in [-0.25, -0.2) is 17.5 Å². The molecule has 112 valence electrons. The van der Waals surface area contributed by atoms with Crippen molar-refractivity contribution in [2.45, 2.75) is 18.4 Å². The van der Waals surface area contributed by atoms with Crippen LogP contribution in [-0.4, -0.2) is 8.42 Å². The highest BCUT2D eigenvalue weighted by Crippen LogP contribution is 2.31. The molecule has 0 spiro atoms. The molecule has 0 aliphatic heterocycles. The molecule has 3 nitrogen and oxygen atoms in total. The number of nitrogens with one attached hydrogen (secondary N) is 1. The first kappa shape index (κ1) is 16.6. The summed E-state index contributed by atoms with van der Waals surface area (Å²) in [6, 6.07) is 9.74. The van der Waals surface area contributed by atoms with Crippen molar-refractivity contribution in [2.75, 3.05) is 0 Å². The van der Waals surface area contributed by atoms with Crippen LogP contribution in [0.25, 0.3) is 0 Å². The van der Waals surface area contributed by atoms with Crippen LogP contribution in [0.2, 0.25) is 0 Å². The van der Waals surface area contributed by atoms with E-state index in [1.165, 1.54) is 0 Å². The molecule has 0 saturated heterocycles. The van der Waals surface area contributed by atoms with Crippen LogP contribution in [0.1, 0.15) is 11.1 Å². The van der Waals surface area contributed by atoms with Gasteiger partial charge in [0.15, 0.2) is 0 Å². The topological polar surface area (TPSA) is 46.2 Å². The highest BCUT2D eigenvalue weighted by atomic mass is 79.9. The van der Waals surface area contributed by atoms with E-state index in [0.717, 1.165) is 23.3 Å². The number of benzene rings is 2. The van der Waals surface area contributed by atoms with E-state index in [1.807, 2.05) is 31.2 Å². The molecule has 0 aliphatic carbocycles. The molecule has 0 radical (unpaired) electrons. The Hall–Kier alpha value is -0.760. The van der Waals surface area contributed by atoms with Crippen molar-refractivity contribution < 1.29 is 12.8 Å². The van der Waals surface area contributed by atoms with Crippen molar-refractivity contribution in [3.63, 3.8) is 0 Å². The molecule has 2 rings (SSSR count). The van der Waals surface area contributed by atoms with Gasteiger partial charge in [0.05, 0.1) is 0 Å². The van der Waals surface area contributed by atoms with Crippen LogP contribution in [0.5, 0.6) is 0 Å². The Kier molecular flexibility index (Phi) is 5.19. The lowest BCUT2D eigenvalue weighted by Gasteiger charge is -2.11. The Morgan fingerprint density at radius 2 is 1.71 bits per heavy atom. The molecule has 0 bridgehead atoms. The molecule has 0 unspecified atom stereocenters. The largest absolute Gasteiger partial charge is 0.243 e. The van der Waals surface area contributed by atoms with Gasteiger partial charge in [-0.3, -0.25) is 0 Å². The molecule has 7 heteroatoms. The number of rotatable bonds is 4. The van der Waals surface area contributed by atoms with Crippen LogP contribution in [0.4, 0.5) is 4.39 Å². The van der Waals surface area contributed by atoms with Crippen molar-refractivity contribution in [1.82, 2.24) is 4.72 Å². The van der Waals surface area contributed by atoms with Gasteiger partial charge in [-0.05, 0) is 62.0 Å². The number of halogens is 3. The standard InChI is InChI=1S/C14H12Br2FNO2S/c1-9-4-2-3-5-10(9)8-18-21(19,20)14-12(15)6-11(17)7-13(14)16/h2-7,18H,8H2,1H3. The van der Waals surface area contributed by atoms with Crippen molar-refractivity contribution in [1.29, 1.82) is 0 Å². The van der Waals surface area contributed by atoms with Crippen LogP contribution < -0.4 is 4.72 Å². The highest BCUT2D eigenvalue weighted by Gasteiger charge is 2.22. The van der Waals surface area contributed by atoms with E-state index < -0.39 is 15.8 Å². The van der Waals surface area contributed by atoms with Gasteiger partial charge in [-0.15, -0.1) is 0 Å². The third-order valence-electron chi connectivity index (χ3n) is 2.95. The summed E-state index contributed by atoms with van der Waals surface area (Å²) in [5, 5.41) is 0. The predicted molar refractivity (Wildman–Crippen MR) is 87.0 cm³/mol. The summed E-state index contributed by atoms with van der Waals surface area (Å²) in [4.78, 5) is -0.0162. The summed E-state index contributed by atoms with van der Waals surface area (Å²) in [6.45, 7) is 2.08. The fourth-order valence-corrected chi connectivity index (χ4v) is 5.37. The maximum atomic E-state index is 13.2. The second-order valence-corrected chi connectivity index (χ2v) is 7.86. The smallest absolute Gasteiger partial charge is 0.207 e. The van der Waals surface area contributed by atoms with Crippen molar-refractivity contribution in [3.05, 3.63) is 62.3 Å². The third-order valence-corrected chi connectivity index (χ3v) is 6.22. The maximum absolute atomic E-state index is 13.2. The first-order valence-corrected chi connectivity index (χ1v) is 9.07. The van der Waals surface area contributed by atoms with Gasteiger partial charge in [0.1, 0.15) is 10.7 Å². The molecule has 0 aliphatic rings. The van der Waals surface area contributed by atoms with Crippen LogP contribution in [-0.2, 0) is 16.6 Å². The van der Waals surface area contributed by atoms with Gasteiger partial charge in [0.2, 0.25) is 10.0 Å². The molecule has 0 amide bonds. The lowest BCUT2D eigenvalue weighted by molar-refractivity contribution is 0.578. The van der Waals surface area contributed by atoms with Crippen LogP contribution >= 0.6 is 31.9 Å². The fraction of sp³-hybridized carbons (Fsp3) is 0.143. The fourth-order valence-electron chi connectivity index (χ4n) is 1.84. The third kappa shape index (κ3) is 3.91. The molecule has 0 fully saturated rings. The Morgan fingerprint density at radius 3 is 2.29 bits per heavy atom. The van der Waals surface area contributed by atoms with E-state index in [9.17, 15) is 12.8 Å². The first-order chi connectivity index (χ1) is 9.81. The van der Waals surface area contributed by atoms with E-state index >= 15 is 0 Å². The maximum Gasteiger partial charge on any atom is 0.243 e. The zero-order valence-electron chi connectivity index (χ0n) is 11.0. The molecule has 21 heavy (non-hydrogen) atoms. The quantitative estimate of drug-likeness (QED) is 0.782. The van der Waals surface area contributed by atoms with Gasteiger partial charge in [-0.2, -0.15) is 0 Å². The van der Waals surface area contributed by atoms with Crippen molar-refractivity contribution in [3.8, 4) is 0 Å². The molecule has 2 aromatic rings. The van der Waals surface area contributed by atoms with Crippen molar-refractivity contribution in [2.24, 2.45) is 0 Å². The predicted octanol–water partition coefficient (Wildman–Crippen LogP) is 4.14. The number of hydrogen-bond acceptors (Lipinski definition) is 2. The van der Waals surface area contributed by atoms with Gasteiger partial charge < -0.3 is 0 Å². The SMILES string of the molecule is Cc1ccccc1CNS(=O)(=O)c1c(Br)cc(F)cc1Br. The Balaban J connectivity index is 2.30. The summed E-state index contributed by atoms with van der Waals surface area (Å²) in [5.74, 6) is -0.522. The van der Waals surface area contributed by atoms with Gasteiger partial charge in [0.25, 0.3) is 0 Å². The summed E-state index contributed by atoms with van der Waals surface area (Å²) in [7, 11) is -3.76. The average molecular weight is 437 g/mol. The van der Waals surface area contributed by atoms with Gasteiger partial charge in [-0.1, -0.05) is 24.3 Å². The van der Waals surface area contributed by atoms with Crippen molar-refractivity contribution >= 4 is 41.9 Å². The summed E-state index contributed by atoms with van der Waals surface area (Å²) < 4.78 is 40.8. The highest BCUT2D eigenvalue weighted by molar-refractivity contribution is 9.11. The summed E-state index contributed by atoms with van der Waals surface area (Å²) in [5.41, 5.74) is 1.88. The summed E-state index contributed by atoms with van der Waals surface area (Å²) in [6.07, 6.45) is 0. The lowest BCUT2D eigenvalue weighted by Crippen LogP contribution is -2.24. The minimum Gasteiger partial charge on any atom is -0.207 e. The minimum atomic E-state index is -3.76. The lowest BCUT2D eigenvalue weighted by atomic mass is 10.1. The Morgan fingerprint density at radius 1 is 1.14 bits per heavy atom. The Labute approximate surface area is 139 Å². The van der Waals surface area contributed by atoms with E-state index in [1.54, 1.807) is 0 Å². The molecule has 0 heterocycles. The molecule has 0 saturated carbocycles. The second-order valence-electron chi connectivity index (χ2n) is 4.45. The minimum absolute atomic E-state index is 0.0162. The van der Waals surface area contributed by atoms with E-state index in [4.69, 9.17) is 0 Å². The molecular weight excluding hydrogens is 425 g/mol. The molecule has 0 atom stereocenters. The number of aryl methyl sites for hydroxylation is 1. The van der Waals surface area contributed by atoms with Crippen LogP contribution in [0, 0.1) is 12.7 Å². The zero-order chi connectivity index (χ0) is 15.6. The first-order valence-electron chi connectivity index (χ1n) is 6.00. The number of sulfonamides is 1. The zero-order valence-corrected chi connectivity index (χ0v) is 15.0. The Bertz CT molecular complexity index is 755. The number of hydrogen-bond donors (Lipinski definition) is 1. The monoisotopic (exact) mass is 435 g/mol. The molecule has 0 aromatic heterocycles. The van der Waals surface area contributed by atoms with Gasteiger partial charge in [0, 0.05) is 15.5 Å². The summed E-state index contributed by atoms with van der Waals surface area (Å²) >= 11 is 6.17. The molecule has 2 aromatic carbocycles. The van der Waals surface area contributed by atoms with E-state index in [0.29, 0.717) is 0 Å². The second kappa shape index (κ2) is 6.56. The molecule has 1 N–H and O–H groups in total. The van der Waals surface area contributed by atoms with E-state index in [-0.39, 0.29) is 20.4 Å². The molecular formula is C14H12Br2FNO2S. The van der Waals surface area contributed by atoms with Gasteiger partial charge >= 0.3 is 0 Å². The average Bonchev–Trinajstić information content (AvgIpc) is 2.36. The normalized spacial score (nSPS) is 11.6. The van der Waals surface area contributed by atoms with Crippen LogP contribution in [0.15, 0.2) is 50.2 Å².